The number of esters is 1. The molecule has 4 heteroatoms. The van der Waals surface area contributed by atoms with Crippen LogP contribution in [0.25, 0.3) is 11.4 Å². The Bertz CT molecular complexity index is 846. The zero-order valence-corrected chi connectivity index (χ0v) is 19.8. The third kappa shape index (κ3) is 5.76. The summed E-state index contributed by atoms with van der Waals surface area (Å²) < 4.78 is 5.68. The van der Waals surface area contributed by atoms with Crippen LogP contribution < -0.4 is 4.74 Å². The number of nitrogens with zero attached hydrogens (tertiary/aromatic N) is 2. The van der Waals surface area contributed by atoms with Gasteiger partial charge in [-0.2, -0.15) is 0 Å². The Morgan fingerprint density at radius 2 is 1.50 bits per heavy atom. The topological polar surface area (TPSA) is 52.1 Å². The van der Waals surface area contributed by atoms with Gasteiger partial charge in [-0.1, -0.05) is 33.1 Å². The minimum absolute atomic E-state index is 0.0473. The fraction of sp³-hybridized carbons (Fsp3) is 0.607. The van der Waals surface area contributed by atoms with Crippen LogP contribution in [0.3, 0.4) is 0 Å². The minimum Gasteiger partial charge on any atom is -0.426 e. The highest BCUT2D eigenvalue weighted by atomic mass is 16.5. The van der Waals surface area contributed by atoms with Crippen LogP contribution in [-0.2, 0) is 4.79 Å². The molecule has 172 valence electrons. The normalized spacial score (nSPS) is 25.9. The molecule has 0 bridgehead atoms. The molecule has 4 rings (SSSR count). The Kier molecular flexibility index (Phi) is 7.94. The Hall–Kier alpha value is -2.23. The first-order valence-electron chi connectivity index (χ1n) is 12.8. The molecule has 0 radical (unpaired) electrons. The molecule has 2 aliphatic carbocycles. The van der Waals surface area contributed by atoms with Crippen molar-refractivity contribution in [1.82, 2.24) is 9.97 Å². The van der Waals surface area contributed by atoms with Gasteiger partial charge in [-0.25, -0.2) is 9.97 Å². The standard InChI is InChI=1S/C28H38N2O2/c1-3-5-21-8-12-24(13-9-21)28(31)32-26-16-14-23(15-17-26)27-29-18-25(19-30-27)22-10-6-20(4-2)7-11-22/h14-22,24H,3-13H2,1-2H3. The van der Waals surface area contributed by atoms with Gasteiger partial charge in [0.1, 0.15) is 5.75 Å². The maximum Gasteiger partial charge on any atom is 0.314 e. The minimum atomic E-state index is -0.0777. The van der Waals surface area contributed by atoms with E-state index in [1.54, 1.807) is 0 Å². The van der Waals surface area contributed by atoms with Gasteiger partial charge < -0.3 is 4.74 Å². The summed E-state index contributed by atoms with van der Waals surface area (Å²) in [5.74, 6) is 3.60. The van der Waals surface area contributed by atoms with Gasteiger partial charge in [0, 0.05) is 18.0 Å². The Balaban J connectivity index is 1.30. The molecule has 0 saturated heterocycles. The van der Waals surface area contributed by atoms with Crippen molar-refractivity contribution in [3.8, 4) is 17.1 Å². The van der Waals surface area contributed by atoms with E-state index < -0.39 is 0 Å². The number of rotatable bonds is 7. The van der Waals surface area contributed by atoms with E-state index in [1.807, 2.05) is 36.7 Å². The number of hydrogen-bond donors (Lipinski definition) is 0. The summed E-state index contributed by atoms with van der Waals surface area (Å²) >= 11 is 0. The largest absolute Gasteiger partial charge is 0.426 e. The highest BCUT2D eigenvalue weighted by molar-refractivity contribution is 5.75. The SMILES string of the molecule is CCCC1CCC(C(=O)Oc2ccc(-c3ncc(C4CCC(CC)CC4)cn3)cc2)CC1. The van der Waals surface area contributed by atoms with Crippen molar-refractivity contribution in [2.45, 2.75) is 90.4 Å². The molecule has 2 aromatic rings. The zero-order valence-electron chi connectivity index (χ0n) is 19.8. The van der Waals surface area contributed by atoms with Crippen LogP contribution in [0, 0.1) is 17.8 Å². The molecule has 0 atom stereocenters. The van der Waals surface area contributed by atoms with E-state index in [4.69, 9.17) is 4.74 Å². The molecule has 2 saturated carbocycles. The molecule has 2 aliphatic rings. The first-order chi connectivity index (χ1) is 15.7. The molecular weight excluding hydrogens is 396 g/mol. The third-order valence-electron chi connectivity index (χ3n) is 7.78. The van der Waals surface area contributed by atoms with Crippen molar-refractivity contribution in [3.63, 3.8) is 0 Å². The molecule has 1 aromatic carbocycles. The number of carbonyl (C=O) groups excluding carboxylic acids is 1. The van der Waals surface area contributed by atoms with E-state index in [-0.39, 0.29) is 11.9 Å². The summed E-state index contributed by atoms with van der Waals surface area (Å²) in [7, 11) is 0. The molecule has 1 aromatic heterocycles. The van der Waals surface area contributed by atoms with Crippen molar-refractivity contribution in [3.05, 3.63) is 42.2 Å². The molecule has 0 amide bonds. The lowest BCUT2D eigenvalue weighted by atomic mass is 9.78. The quantitative estimate of drug-likeness (QED) is 0.338. The summed E-state index contributed by atoms with van der Waals surface area (Å²) in [6, 6.07) is 7.61. The van der Waals surface area contributed by atoms with E-state index in [9.17, 15) is 4.79 Å². The molecule has 4 nitrogen and oxygen atoms in total. The summed E-state index contributed by atoms with van der Waals surface area (Å²) in [5, 5.41) is 0. The summed E-state index contributed by atoms with van der Waals surface area (Å²) in [5.41, 5.74) is 2.22. The van der Waals surface area contributed by atoms with Gasteiger partial charge in [0.05, 0.1) is 5.92 Å². The molecule has 1 heterocycles. The predicted molar refractivity (Wildman–Crippen MR) is 128 cm³/mol. The average Bonchev–Trinajstić information content (AvgIpc) is 2.85. The number of hydrogen-bond acceptors (Lipinski definition) is 4. The van der Waals surface area contributed by atoms with E-state index in [1.165, 1.54) is 50.5 Å². The first kappa shape index (κ1) is 22.9. The fourth-order valence-electron chi connectivity index (χ4n) is 5.57. The molecule has 0 spiro atoms. The molecule has 32 heavy (non-hydrogen) atoms. The monoisotopic (exact) mass is 434 g/mol. The number of carbonyl (C=O) groups is 1. The maximum atomic E-state index is 12.6. The Labute approximate surface area is 193 Å². The van der Waals surface area contributed by atoms with E-state index in [0.717, 1.165) is 48.9 Å². The third-order valence-corrected chi connectivity index (χ3v) is 7.78. The van der Waals surface area contributed by atoms with Crippen LogP contribution in [0.2, 0.25) is 0 Å². The summed E-state index contributed by atoms with van der Waals surface area (Å²) in [6.07, 6.45) is 17.2. The second kappa shape index (κ2) is 11.1. The van der Waals surface area contributed by atoms with Crippen LogP contribution >= 0.6 is 0 Å². The van der Waals surface area contributed by atoms with Gasteiger partial charge in [-0.05, 0) is 98.9 Å². The van der Waals surface area contributed by atoms with Gasteiger partial charge in [0.2, 0.25) is 0 Å². The van der Waals surface area contributed by atoms with E-state index in [2.05, 4.69) is 23.8 Å². The van der Waals surface area contributed by atoms with Crippen LogP contribution in [0.15, 0.2) is 36.7 Å². The lowest BCUT2D eigenvalue weighted by Crippen LogP contribution is -2.25. The van der Waals surface area contributed by atoms with Crippen molar-refractivity contribution >= 4 is 5.97 Å². The summed E-state index contributed by atoms with van der Waals surface area (Å²) in [4.78, 5) is 21.8. The number of aromatic nitrogens is 2. The molecule has 0 aliphatic heterocycles. The van der Waals surface area contributed by atoms with Gasteiger partial charge in [0.25, 0.3) is 0 Å². The maximum absolute atomic E-state index is 12.6. The Morgan fingerprint density at radius 1 is 0.875 bits per heavy atom. The fourth-order valence-corrected chi connectivity index (χ4v) is 5.57. The van der Waals surface area contributed by atoms with Crippen molar-refractivity contribution < 1.29 is 9.53 Å². The van der Waals surface area contributed by atoms with Gasteiger partial charge in [-0.3, -0.25) is 4.79 Å². The lowest BCUT2D eigenvalue weighted by Gasteiger charge is -2.27. The van der Waals surface area contributed by atoms with Crippen LogP contribution in [0.1, 0.15) is 96.0 Å². The van der Waals surface area contributed by atoms with Crippen molar-refractivity contribution in [1.29, 1.82) is 0 Å². The zero-order chi connectivity index (χ0) is 22.3. The molecule has 0 N–H and O–H groups in total. The highest BCUT2D eigenvalue weighted by Crippen LogP contribution is 2.37. The highest BCUT2D eigenvalue weighted by Gasteiger charge is 2.27. The lowest BCUT2D eigenvalue weighted by molar-refractivity contribution is -0.140. The van der Waals surface area contributed by atoms with Crippen LogP contribution in [0.5, 0.6) is 5.75 Å². The van der Waals surface area contributed by atoms with Crippen LogP contribution in [0.4, 0.5) is 0 Å². The second-order valence-corrected chi connectivity index (χ2v) is 9.92. The van der Waals surface area contributed by atoms with Gasteiger partial charge in [0.15, 0.2) is 5.82 Å². The second-order valence-electron chi connectivity index (χ2n) is 9.92. The average molecular weight is 435 g/mol. The number of ether oxygens (including phenoxy) is 1. The smallest absolute Gasteiger partial charge is 0.314 e. The predicted octanol–water partition coefficient (Wildman–Crippen LogP) is 7.34. The molecular formula is C28H38N2O2. The van der Waals surface area contributed by atoms with Gasteiger partial charge in [-0.15, -0.1) is 0 Å². The number of benzene rings is 1. The Morgan fingerprint density at radius 3 is 2.09 bits per heavy atom. The first-order valence-corrected chi connectivity index (χ1v) is 12.8. The van der Waals surface area contributed by atoms with E-state index >= 15 is 0 Å². The molecule has 2 fully saturated rings. The van der Waals surface area contributed by atoms with Crippen molar-refractivity contribution in [2.75, 3.05) is 0 Å². The summed E-state index contributed by atoms with van der Waals surface area (Å²) in [6.45, 7) is 4.54. The van der Waals surface area contributed by atoms with Crippen molar-refractivity contribution in [2.24, 2.45) is 17.8 Å². The molecule has 0 unspecified atom stereocenters. The van der Waals surface area contributed by atoms with Gasteiger partial charge >= 0.3 is 5.97 Å². The van der Waals surface area contributed by atoms with E-state index in [0.29, 0.717) is 11.7 Å². The van der Waals surface area contributed by atoms with Crippen LogP contribution in [-0.4, -0.2) is 15.9 Å².